The van der Waals surface area contributed by atoms with E-state index in [-0.39, 0.29) is 11.8 Å². The molecule has 6 heteroatoms. The van der Waals surface area contributed by atoms with Crippen molar-refractivity contribution in [3.05, 3.63) is 30.2 Å². The predicted octanol–water partition coefficient (Wildman–Crippen LogP) is 0.330. The molecule has 6 nitrogen and oxygen atoms in total. The SMILES string of the molecule is CC(CN)CC(=O)NCc1nnc2ccccn12. The molecule has 2 heterocycles. The number of aromatic nitrogens is 3. The number of rotatable bonds is 5. The van der Waals surface area contributed by atoms with Gasteiger partial charge in [0.1, 0.15) is 0 Å². The number of fused-ring (bicyclic) bond motifs is 1. The Balaban J connectivity index is 1.96. The van der Waals surface area contributed by atoms with E-state index < -0.39 is 0 Å². The number of nitrogens with zero attached hydrogens (tertiary/aromatic N) is 3. The molecule has 1 atom stereocenters. The lowest BCUT2D eigenvalue weighted by atomic mass is 10.1. The zero-order valence-corrected chi connectivity index (χ0v) is 10.3. The van der Waals surface area contributed by atoms with Gasteiger partial charge in [-0.15, -0.1) is 10.2 Å². The molecular weight excluding hydrogens is 230 g/mol. The first kappa shape index (κ1) is 12.5. The highest BCUT2D eigenvalue weighted by Crippen LogP contribution is 2.03. The number of carbonyl (C=O) groups is 1. The van der Waals surface area contributed by atoms with Crippen molar-refractivity contribution in [3.8, 4) is 0 Å². The van der Waals surface area contributed by atoms with Gasteiger partial charge in [-0.05, 0) is 24.6 Å². The minimum Gasteiger partial charge on any atom is -0.349 e. The quantitative estimate of drug-likeness (QED) is 0.797. The summed E-state index contributed by atoms with van der Waals surface area (Å²) in [5.74, 6) is 0.903. The van der Waals surface area contributed by atoms with Crippen molar-refractivity contribution < 1.29 is 4.79 Å². The van der Waals surface area contributed by atoms with Crippen LogP contribution in [0.1, 0.15) is 19.2 Å². The Bertz CT molecular complexity index is 536. The average Bonchev–Trinajstić information content (AvgIpc) is 2.79. The summed E-state index contributed by atoms with van der Waals surface area (Å²) in [7, 11) is 0. The van der Waals surface area contributed by atoms with Gasteiger partial charge in [-0.1, -0.05) is 13.0 Å². The molecule has 0 saturated heterocycles. The third-order valence-corrected chi connectivity index (χ3v) is 2.76. The molecule has 1 amide bonds. The molecule has 2 aromatic rings. The number of amides is 1. The Morgan fingerprint density at radius 1 is 1.50 bits per heavy atom. The monoisotopic (exact) mass is 247 g/mol. The van der Waals surface area contributed by atoms with E-state index in [2.05, 4.69) is 15.5 Å². The second kappa shape index (κ2) is 5.59. The van der Waals surface area contributed by atoms with Crippen LogP contribution < -0.4 is 11.1 Å². The van der Waals surface area contributed by atoms with E-state index in [4.69, 9.17) is 5.73 Å². The summed E-state index contributed by atoms with van der Waals surface area (Å²) in [5.41, 5.74) is 6.25. The van der Waals surface area contributed by atoms with Crippen LogP contribution in [0.4, 0.5) is 0 Å². The number of hydrogen-bond donors (Lipinski definition) is 2. The molecule has 2 aromatic heterocycles. The summed E-state index contributed by atoms with van der Waals surface area (Å²) in [4.78, 5) is 11.6. The van der Waals surface area contributed by atoms with Gasteiger partial charge in [0, 0.05) is 12.6 Å². The van der Waals surface area contributed by atoms with E-state index in [1.807, 2.05) is 35.7 Å². The van der Waals surface area contributed by atoms with Crippen LogP contribution in [0.25, 0.3) is 5.65 Å². The molecule has 1 unspecified atom stereocenters. The average molecular weight is 247 g/mol. The van der Waals surface area contributed by atoms with E-state index in [0.29, 0.717) is 19.5 Å². The Labute approximate surface area is 105 Å². The lowest BCUT2D eigenvalue weighted by Gasteiger charge is -2.08. The standard InChI is InChI=1S/C12H17N5O/c1-9(7-13)6-12(18)14-8-11-16-15-10-4-2-3-5-17(10)11/h2-5,9H,6-8,13H2,1H3,(H,14,18). The number of hydrogen-bond acceptors (Lipinski definition) is 4. The van der Waals surface area contributed by atoms with Gasteiger partial charge in [-0.2, -0.15) is 0 Å². The summed E-state index contributed by atoms with van der Waals surface area (Å²) < 4.78 is 1.85. The van der Waals surface area contributed by atoms with Crippen molar-refractivity contribution in [3.63, 3.8) is 0 Å². The third-order valence-electron chi connectivity index (χ3n) is 2.76. The zero-order valence-electron chi connectivity index (χ0n) is 10.3. The number of nitrogens with one attached hydrogen (secondary N) is 1. The maximum Gasteiger partial charge on any atom is 0.220 e. The predicted molar refractivity (Wildman–Crippen MR) is 67.7 cm³/mol. The summed E-state index contributed by atoms with van der Waals surface area (Å²) in [5, 5.41) is 10.9. The second-order valence-electron chi connectivity index (χ2n) is 4.37. The van der Waals surface area contributed by atoms with Crippen molar-refractivity contribution in [2.45, 2.75) is 19.9 Å². The summed E-state index contributed by atoms with van der Waals surface area (Å²) in [6, 6.07) is 5.67. The van der Waals surface area contributed by atoms with Gasteiger partial charge in [-0.25, -0.2) is 0 Å². The number of nitrogens with two attached hydrogens (primary N) is 1. The first-order chi connectivity index (χ1) is 8.70. The van der Waals surface area contributed by atoms with E-state index in [1.54, 1.807) is 0 Å². The van der Waals surface area contributed by atoms with Gasteiger partial charge >= 0.3 is 0 Å². The molecule has 2 rings (SSSR count). The lowest BCUT2D eigenvalue weighted by Crippen LogP contribution is -2.27. The van der Waals surface area contributed by atoms with E-state index >= 15 is 0 Å². The first-order valence-corrected chi connectivity index (χ1v) is 5.96. The minimum absolute atomic E-state index is 0.0133. The Hall–Kier alpha value is -1.95. The largest absolute Gasteiger partial charge is 0.349 e. The zero-order chi connectivity index (χ0) is 13.0. The highest BCUT2D eigenvalue weighted by atomic mass is 16.1. The van der Waals surface area contributed by atoms with Gasteiger partial charge in [0.05, 0.1) is 6.54 Å². The fourth-order valence-corrected chi connectivity index (χ4v) is 1.66. The molecule has 96 valence electrons. The fraction of sp³-hybridized carbons (Fsp3) is 0.417. The highest BCUT2D eigenvalue weighted by molar-refractivity contribution is 5.76. The number of carbonyl (C=O) groups excluding carboxylic acids is 1. The van der Waals surface area contributed by atoms with Crippen LogP contribution in [0.5, 0.6) is 0 Å². The van der Waals surface area contributed by atoms with Gasteiger partial charge in [0.2, 0.25) is 5.91 Å². The van der Waals surface area contributed by atoms with Gasteiger partial charge in [-0.3, -0.25) is 9.20 Å². The summed E-state index contributed by atoms with van der Waals surface area (Å²) in [6.07, 6.45) is 2.31. The molecule has 0 aromatic carbocycles. The molecule has 0 aliphatic heterocycles. The van der Waals surface area contributed by atoms with Gasteiger partial charge in [0.15, 0.2) is 11.5 Å². The van der Waals surface area contributed by atoms with Crippen LogP contribution in [0, 0.1) is 5.92 Å². The lowest BCUT2D eigenvalue weighted by molar-refractivity contribution is -0.122. The first-order valence-electron chi connectivity index (χ1n) is 5.96. The third kappa shape index (κ3) is 2.84. The van der Waals surface area contributed by atoms with E-state index in [1.165, 1.54) is 0 Å². The molecule has 3 N–H and O–H groups in total. The van der Waals surface area contributed by atoms with E-state index in [0.717, 1.165) is 11.5 Å². The van der Waals surface area contributed by atoms with Crippen LogP contribution in [0.2, 0.25) is 0 Å². The molecule has 0 radical (unpaired) electrons. The van der Waals surface area contributed by atoms with Crippen molar-refractivity contribution >= 4 is 11.6 Å². The molecule has 0 bridgehead atoms. The van der Waals surface area contributed by atoms with Crippen LogP contribution >= 0.6 is 0 Å². The summed E-state index contributed by atoms with van der Waals surface area (Å²) in [6.45, 7) is 2.84. The molecule has 0 fully saturated rings. The second-order valence-corrected chi connectivity index (χ2v) is 4.37. The fourth-order valence-electron chi connectivity index (χ4n) is 1.66. The van der Waals surface area contributed by atoms with Crippen molar-refractivity contribution in [1.82, 2.24) is 19.9 Å². The smallest absolute Gasteiger partial charge is 0.220 e. The minimum atomic E-state index is -0.0133. The van der Waals surface area contributed by atoms with E-state index in [9.17, 15) is 4.79 Å². The summed E-state index contributed by atoms with van der Waals surface area (Å²) >= 11 is 0. The molecular formula is C12H17N5O. The Kier molecular flexibility index (Phi) is 3.88. The Morgan fingerprint density at radius 3 is 3.11 bits per heavy atom. The van der Waals surface area contributed by atoms with Crippen LogP contribution in [-0.2, 0) is 11.3 Å². The van der Waals surface area contributed by atoms with Crippen molar-refractivity contribution in [2.24, 2.45) is 11.7 Å². The topological polar surface area (TPSA) is 85.3 Å². The van der Waals surface area contributed by atoms with Crippen LogP contribution in [-0.4, -0.2) is 27.0 Å². The van der Waals surface area contributed by atoms with Crippen LogP contribution in [0.3, 0.4) is 0 Å². The Morgan fingerprint density at radius 2 is 2.33 bits per heavy atom. The maximum atomic E-state index is 11.6. The highest BCUT2D eigenvalue weighted by Gasteiger charge is 2.09. The van der Waals surface area contributed by atoms with Gasteiger partial charge < -0.3 is 11.1 Å². The van der Waals surface area contributed by atoms with Crippen LogP contribution in [0.15, 0.2) is 24.4 Å². The maximum absolute atomic E-state index is 11.6. The molecule has 18 heavy (non-hydrogen) atoms. The molecule has 0 spiro atoms. The van der Waals surface area contributed by atoms with Crippen molar-refractivity contribution in [1.29, 1.82) is 0 Å². The number of pyridine rings is 1. The molecule has 0 aliphatic carbocycles. The molecule has 0 saturated carbocycles. The normalized spacial score (nSPS) is 12.6. The molecule has 0 aliphatic rings. The van der Waals surface area contributed by atoms with Gasteiger partial charge in [0.25, 0.3) is 0 Å². The van der Waals surface area contributed by atoms with Crippen molar-refractivity contribution in [2.75, 3.05) is 6.54 Å².